The van der Waals surface area contributed by atoms with Gasteiger partial charge in [-0.3, -0.25) is 9.48 Å². The van der Waals surface area contributed by atoms with Crippen molar-refractivity contribution < 1.29 is 14.7 Å². The van der Waals surface area contributed by atoms with Crippen LogP contribution in [-0.4, -0.2) is 26.8 Å². The first-order chi connectivity index (χ1) is 11.1. The fraction of sp³-hybridized carbons (Fsp3) is 0.389. The lowest BCUT2D eigenvalue weighted by Crippen LogP contribution is -2.28. The number of benzene rings is 1. The summed E-state index contributed by atoms with van der Waals surface area (Å²) in [6.07, 6.45) is 1.27. The summed E-state index contributed by atoms with van der Waals surface area (Å²) >= 11 is 0. The number of aromatic nitrogens is 2. The Kier molecular flexibility index (Phi) is 4.78. The molecule has 0 saturated carbocycles. The highest BCUT2D eigenvalue weighted by Gasteiger charge is 2.23. The van der Waals surface area contributed by atoms with Gasteiger partial charge >= 0.3 is 5.97 Å². The average molecular weight is 329 g/mol. The van der Waals surface area contributed by atoms with Crippen molar-refractivity contribution in [2.24, 2.45) is 7.05 Å². The number of carbonyl (C=O) groups is 2. The van der Waals surface area contributed by atoms with Gasteiger partial charge in [0.25, 0.3) is 5.91 Å². The molecule has 0 spiro atoms. The van der Waals surface area contributed by atoms with Crippen molar-refractivity contribution in [1.82, 2.24) is 15.1 Å². The maximum absolute atomic E-state index is 12.4. The van der Waals surface area contributed by atoms with Crippen LogP contribution in [0.25, 0.3) is 0 Å². The average Bonchev–Trinajstić information content (AvgIpc) is 2.88. The molecule has 24 heavy (non-hydrogen) atoms. The van der Waals surface area contributed by atoms with E-state index in [1.807, 2.05) is 31.2 Å². The van der Waals surface area contributed by atoms with Crippen molar-refractivity contribution in [2.75, 3.05) is 0 Å². The van der Waals surface area contributed by atoms with Gasteiger partial charge in [0, 0.05) is 7.05 Å². The highest BCUT2D eigenvalue weighted by molar-refractivity contribution is 6.03. The minimum Gasteiger partial charge on any atom is -0.477 e. The molecule has 0 fully saturated rings. The first kappa shape index (κ1) is 17.7. The zero-order valence-electron chi connectivity index (χ0n) is 14.6. The molecular formula is C18H23N3O3. The molecule has 128 valence electrons. The van der Waals surface area contributed by atoms with E-state index in [-0.39, 0.29) is 22.7 Å². The number of hydrogen-bond donors (Lipinski definition) is 2. The molecule has 1 aromatic heterocycles. The number of hydrogen-bond acceptors (Lipinski definition) is 3. The van der Waals surface area contributed by atoms with Crippen molar-refractivity contribution in [3.63, 3.8) is 0 Å². The minimum atomic E-state index is -1.18. The van der Waals surface area contributed by atoms with E-state index in [1.165, 1.54) is 23.5 Å². The number of amides is 1. The summed E-state index contributed by atoms with van der Waals surface area (Å²) in [6, 6.07) is 7.81. The van der Waals surface area contributed by atoms with Gasteiger partial charge in [-0.1, -0.05) is 45.0 Å². The normalized spacial score (nSPS) is 12.7. The molecule has 1 amide bonds. The van der Waals surface area contributed by atoms with Crippen LogP contribution in [0.2, 0.25) is 0 Å². The Morgan fingerprint density at radius 1 is 1.21 bits per heavy atom. The number of aromatic carboxylic acids is 1. The first-order valence-electron chi connectivity index (χ1n) is 7.78. The van der Waals surface area contributed by atoms with Crippen molar-refractivity contribution >= 4 is 11.9 Å². The number of nitrogens with one attached hydrogen (secondary N) is 1. The van der Waals surface area contributed by atoms with Crippen molar-refractivity contribution in [3.8, 4) is 0 Å². The van der Waals surface area contributed by atoms with Gasteiger partial charge in [0.2, 0.25) is 0 Å². The maximum Gasteiger partial charge on any atom is 0.354 e. The van der Waals surface area contributed by atoms with Gasteiger partial charge in [0.15, 0.2) is 5.69 Å². The highest BCUT2D eigenvalue weighted by Crippen LogP contribution is 2.24. The summed E-state index contributed by atoms with van der Waals surface area (Å²) < 4.78 is 1.18. The van der Waals surface area contributed by atoms with Gasteiger partial charge in [0.05, 0.1) is 17.8 Å². The molecule has 0 saturated heterocycles. The van der Waals surface area contributed by atoms with Crippen LogP contribution in [0.1, 0.15) is 65.7 Å². The Balaban J connectivity index is 2.16. The zero-order chi connectivity index (χ0) is 18.1. The number of nitrogens with zero attached hydrogens (tertiary/aromatic N) is 2. The largest absolute Gasteiger partial charge is 0.477 e. The van der Waals surface area contributed by atoms with E-state index in [0.717, 1.165) is 5.56 Å². The molecule has 6 nitrogen and oxygen atoms in total. The molecule has 0 aliphatic heterocycles. The summed E-state index contributed by atoms with van der Waals surface area (Å²) in [5, 5.41) is 15.9. The summed E-state index contributed by atoms with van der Waals surface area (Å²) in [4.78, 5) is 23.6. The first-order valence-corrected chi connectivity index (χ1v) is 7.78. The molecular weight excluding hydrogens is 306 g/mol. The summed E-state index contributed by atoms with van der Waals surface area (Å²) in [6.45, 7) is 8.29. The molecule has 6 heteroatoms. The van der Waals surface area contributed by atoms with Crippen LogP contribution < -0.4 is 5.32 Å². The van der Waals surface area contributed by atoms with Crippen LogP contribution in [0, 0.1) is 0 Å². The Hall–Kier alpha value is -2.63. The Morgan fingerprint density at radius 3 is 2.29 bits per heavy atom. The summed E-state index contributed by atoms with van der Waals surface area (Å²) in [5.41, 5.74) is 2.17. The van der Waals surface area contributed by atoms with E-state index in [2.05, 4.69) is 31.2 Å². The number of rotatable bonds is 4. The van der Waals surface area contributed by atoms with Crippen LogP contribution in [-0.2, 0) is 12.5 Å². The Labute approximate surface area is 141 Å². The number of aryl methyl sites for hydroxylation is 1. The van der Waals surface area contributed by atoms with Crippen LogP contribution in [0.4, 0.5) is 0 Å². The van der Waals surface area contributed by atoms with E-state index in [0.29, 0.717) is 0 Å². The molecule has 1 unspecified atom stereocenters. The quantitative estimate of drug-likeness (QED) is 0.903. The Bertz CT molecular complexity index is 755. The van der Waals surface area contributed by atoms with Crippen LogP contribution >= 0.6 is 0 Å². The second-order valence-corrected chi connectivity index (χ2v) is 6.90. The predicted octanol–water partition coefficient (Wildman–Crippen LogP) is 2.91. The lowest BCUT2D eigenvalue weighted by Gasteiger charge is -2.20. The molecule has 2 rings (SSSR count). The van der Waals surface area contributed by atoms with Gasteiger partial charge in [0.1, 0.15) is 0 Å². The SMILES string of the molecule is CC(NC(=O)c1cnn(C)c1C(=O)O)c1ccc(C(C)(C)C)cc1. The fourth-order valence-electron chi connectivity index (χ4n) is 2.49. The van der Waals surface area contributed by atoms with E-state index < -0.39 is 11.9 Å². The van der Waals surface area contributed by atoms with Gasteiger partial charge in [-0.25, -0.2) is 4.79 Å². The van der Waals surface area contributed by atoms with Gasteiger partial charge in [-0.2, -0.15) is 5.10 Å². The molecule has 2 aromatic rings. The minimum absolute atomic E-state index is 0.0585. The molecule has 0 bridgehead atoms. The molecule has 0 radical (unpaired) electrons. The second-order valence-electron chi connectivity index (χ2n) is 6.90. The van der Waals surface area contributed by atoms with Gasteiger partial charge in [-0.05, 0) is 23.5 Å². The summed E-state index contributed by atoms with van der Waals surface area (Å²) in [7, 11) is 1.49. The van der Waals surface area contributed by atoms with E-state index in [1.54, 1.807) is 0 Å². The molecule has 1 heterocycles. The van der Waals surface area contributed by atoms with E-state index in [4.69, 9.17) is 0 Å². The Morgan fingerprint density at radius 2 is 1.79 bits per heavy atom. The monoisotopic (exact) mass is 329 g/mol. The molecule has 0 aliphatic rings. The third-order valence-electron chi connectivity index (χ3n) is 4.01. The number of carboxylic acids is 1. The third kappa shape index (κ3) is 3.64. The molecule has 1 aromatic carbocycles. The van der Waals surface area contributed by atoms with E-state index in [9.17, 15) is 14.7 Å². The lowest BCUT2D eigenvalue weighted by molar-refractivity contribution is 0.0678. The topological polar surface area (TPSA) is 84.2 Å². The predicted molar refractivity (Wildman–Crippen MR) is 91.2 cm³/mol. The van der Waals surface area contributed by atoms with Gasteiger partial charge < -0.3 is 10.4 Å². The van der Waals surface area contributed by atoms with Gasteiger partial charge in [-0.15, -0.1) is 0 Å². The second kappa shape index (κ2) is 6.47. The fourth-order valence-corrected chi connectivity index (χ4v) is 2.49. The third-order valence-corrected chi connectivity index (χ3v) is 4.01. The van der Waals surface area contributed by atoms with Crippen LogP contribution in [0.15, 0.2) is 30.5 Å². The van der Waals surface area contributed by atoms with Crippen LogP contribution in [0.3, 0.4) is 0 Å². The molecule has 0 aliphatic carbocycles. The number of carbonyl (C=O) groups excluding carboxylic acids is 1. The highest BCUT2D eigenvalue weighted by atomic mass is 16.4. The lowest BCUT2D eigenvalue weighted by atomic mass is 9.86. The van der Waals surface area contributed by atoms with Crippen molar-refractivity contribution in [2.45, 2.75) is 39.2 Å². The standard InChI is InChI=1S/C18H23N3O3/c1-11(12-6-8-13(9-7-12)18(2,3)4)20-16(22)14-10-19-21(5)15(14)17(23)24/h6-11H,1-5H3,(H,20,22)(H,23,24). The van der Waals surface area contributed by atoms with E-state index >= 15 is 0 Å². The maximum atomic E-state index is 12.4. The zero-order valence-corrected chi connectivity index (χ0v) is 14.6. The molecule has 2 N–H and O–H groups in total. The number of carboxylic acid groups (broad SMARTS) is 1. The van der Waals surface area contributed by atoms with Crippen molar-refractivity contribution in [1.29, 1.82) is 0 Å². The van der Waals surface area contributed by atoms with Crippen molar-refractivity contribution in [3.05, 3.63) is 52.8 Å². The summed E-state index contributed by atoms with van der Waals surface area (Å²) in [5.74, 6) is -1.63. The molecule has 1 atom stereocenters. The van der Waals surface area contributed by atoms with Crippen LogP contribution in [0.5, 0.6) is 0 Å². The smallest absolute Gasteiger partial charge is 0.354 e.